The molecule has 148 valence electrons. The maximum atomic E-state index is 13.3. The molecular formula is C22H25FN2O2S. The van der Waals surface area contributed by atoms with Gasteiger partial charge in [0.15, 0.2) is 0 Å². The van der Waals surface area contributed by atoms with Crippen molar-refractivity contribution < 1.29 is 14.0 Å². The number of carbonyl (C=O) groups excluding carboxylic acids is 2. The summed E-state index contributed by atoms with van der Waals surface area (Å²) in [5.74, 6) is 0.0384. The number of nitrogens with zero attached hydrogens (tertiary/aromatic N) is 1. The van der Waals surface area contributed by atoms with Crippen molar-refractivity contribution in [2.45, 2.75) is 44.7 Å². The number of amides is 2. The highest BCUT2D eigenvalue weighted by molar-refractivity contribution is 7.08. The van der Waals surface area contributed by atoms with E-state index in [4.69, 9.17) is 0 Å². The van der Waals surface area contributed by atoms with Crippen molar-refractivity contribution in [3.63, 3.8) is 0 Å². The third-order valence-electron chi connectivity index (χ3n) is 5.70. The number of rotatable bonds is 5. The third-order valence-corrected chi connectivity index (χ3v) is 6.41. The Labute approximate surface area is 168 Å². The predicted molar refractivity (Wildman–Crippen MR) is 107 cm³/mol. The van der Waals surface area contributed by atoms with Crippen LogP contribution in [0.15, 0.2) is 41.1 Å². The van der Waals surface area contributed by atoms with Gasteiger partial charge in [-0.25, -0.2) is 4.39 Å². The molecule has 2 heterocycles. The quantitative estimate of drug-likeness (QED) is 0.821. The number of piperazine rings is 1. The topological polar surface area (TPSA) is 49.4 Å². The SMILES string of the molecule is CC(C)C[C@H]1C(=O)N[C@@H](c2ccsc2)CN1C(=O)[C@@H]1C[C@H]1c1ccc(F)cc1. The van der Waals surface area contributed by atoms with Crippen molar-refractivity contribution in [1.82, 2.24) is 10.2 Å². The first-order valence-corrected chi connectivity index (χ1v) is 10.8. The lowest BCUT2D eigenvalue weighted by molar-refractivity contribution is -0.146. The van der Waals surface area contributed by atoms with Crippen LogP contribution in [-0.4, -0.2) is 29.3 Å². The van der Waals surface area contributed by atoms with E-state index in [-0.39, 0.29) is 35.5 Å². The van der Waals surface area contributed by atoms with E-state index in [0.29, 0.717) is 18.9 Å². The Kier molecular flexibility index (Phi) is 5.23. The summed E-state index contributed by atoms with van der Waals surface area (Å²) in [5, 5.41) is 7.11. The molecule has 0 spiro atoms. The van der Waals surface area contributed by atoms with Gasteiger partial charge in [-0.1, -0.05) is 26.0 Å². The number of carbonyl (C=O) groups is 2. The second-order valence-corrected chi connectivity index (χ2v) is 9.03. The molecular weight excluding hydrogens is 375 g/mol. The van der Waals surface area contributed by atoms with Crippen LogP contribution in [-0.2, 0) is 9.59 Å². The lowest BCUT2D eigenvalue weighted by Crippen LogP contribution is -2.59. The van der Waals surface area contributed by atoms with E-state index in [1.165, 1.54) is 12.1 Å². The molecule has 4 rings (SSSR count). The molecule has 0 unspecified atom stereocenters. The van der Waals surface area contributed by atoms with Crippen molar-refractivity contribution >= 4 is 23.2 Å². The highest BCUT2D eigenvalue weighted by Crippen LogP contribution is 2.49. The van der Waals surface area contributed by atoms with E-state index < -0.39 is 6.04 Å². The van der Waals surface area contributed by atoms with Crippen molar-refractivity contribution in [1.29, 1.82) is 0 Å². The van der Waals surface area contributed by atoms with Crippen LogP contribution < -0.4 is 5.32 Å². The van der Waals surface area contributed by atoms with E-state index in [0.717, 1.165) is 17.5 Å². The fourth-order valence-corrected chi connectivity index (χ4v) is 4.84. The summed E-state index contributed by atoms with van der Waals surface area (Å²) in [6.45, 7) is 4.64. The maximum Gasteiger partial charge on any atom is 0.243 e. The van der Waals surface area contributed by atoms with Gasteiger partial charge in [-0.3, -0.25) is 9.59 Å². The van der Waals surface area contributed by atoms with E-state index in [2.05, 4.69) is 19.2 Å². The van der Waals surface area contributed by atoms with Crippen molar-refractivity contribution in [3.05, 3.63) is 58.0 Å². The highest BCUT2D eigenvalue weighted by atomic mass is 32.1. The summed E-state index contributed by atoms with van der Waals surface area (Å²) in [5.41, 5.74) is 2.04. The van der Waals surface area contributed by atoms with Gasteiger partial charge in [0, 0.05) is 12.5 Å². The van der Waals surface area contributed by atoms with Crippen molar-refractivity contribution in [3.8, 4) is 0 Å². The number of benzene rings is 1. The first-order chi connectivity index (χ1) is 13.4. The van der Waals surface area contributed by atoms with Crippen molar-refractivity contribution in [2.75, 3.05) is 6.54 Å². The average molecular weight is 401 g/mol. The Balaban J connectivity index is 1.53. The minimum atomic E-state index is -0.420. The standard InChI is InChI=1S/C22H25FN2O2S/c1-13(2)9-20-21(26)24-19(15-7-8-28-12-15)11-25(20)22(27)18-10-17(18)14-3-5-16(23)6-4-14/h3-8,12-13,17-20H,9-11H2,1-2H3,(H,24,26)/t17-,18+,19+,20-/m0/s1. The summed E-state index contributed by atoms with van der Waals surface area (Å²) < 4.78 is 13.2. The molecule has 6 heteroatoms. The van der Waals surface area contributed by atoms with Crippen molar-refractivity contribution in [2.24, 2.45) is 11.8 Å². The zero-order valence-electron chi connectivity index (χ0n) is 16.1. The summed E-state index contributed by atoms with van der Waals surface area (Å²) >= 11 is 1.59. The van der Waals surface area contributed by atoms with Crippen LogP contribution in [0.5, 0.6) is 0 Å². The fraction of sp³-hybridized carbons (Fsp3) is 0.455. The van der Waals surface area contributed by atoms with E-state index in [9.17, 15) is 14.0 Å². The van der Waals surface area contributed by atoms with Crippen LogP contribution in [0, 0.1) is 17.7 Å². The molecule has 2 amide bonds. The summed E-state index contributed by atoms with van der Waals surface area (Å²) in [4.78, 5) is 28.0. The third kappa shape index (κ3) is 3.83. The Morgan fingerprint density at radius 3 is 2.64 bits per heavy atom. The summed E-state index contributed by atoms with van der Waals surface area (Å²) in [7, 11) is 0. The van der Waals surface area contributed by atoms with E-state index in [1.807, 2.05) is 16.8 Å². The van der Waals surface area contributed by atoms with Crippen LogP contribution in [0.2, 0.25) is 0 Å². The van der Waals surface area contributed by atoms with Gasteiger partial charge >= 0.3 is 0 Å². The predicted octanol–water partition coefficient (Wildman–Crippen LogP) is 4.11. The van der Waals surface area contributed by atoms with Gasteiger partial charge in [0.2, 0.25) is 11.8 Å². The Hall–Kier alpha value is -2.21. The molecule has 1 aliphatic heterocycles. The van der Waals surface area contributed by atoms with Gasteiger partial charge in [-0.05, 0) is 64.8 Å². The maximum absolute atomic E-state index is 13.3. The first-order valence-electron chi connectivity index (χ1n) is 9.82. The molecule has 2 fully saturated rings. The lowest BCUT2D eigenvalue weighted by atomic mass is 9.96. The van der Waals surface area contributed by atoms with Crippen LogP contribution in [0.25, 0.3) is 0 Å². The molecule has 4 atom stereocenters. The van der Waals surface area contributed by atoms with E-state index in [1.54, 1.807) is 28.4 Å². The van der Waals surface area contributed by atoms with Crippen LogP contribution in [0.3, 0.4) is 0 Å². The van der Waals surface area contributed by atoms with E-state index >= 15 is 0 Å². The molecule has 0 bridgehead atoms. The second-order valence-electron chi connectivity index (χ2n) is 8.25. The first kappa shape index (κ1) is 19.1. The molecule has 1 aromatic carbocycles. The Morgan fingerprint density at radius 1 is 1.25 bits per heavy atom. The largest absolute Gasteiger partial charge is 0.346 e. The molecule has 4 nitrogen and oxygen atoms in total. The zero-order chi connectivity index (χ0) is 19.8. The number of nitrogens with one attached hydrogen (secondary N) is 1. The Bertz CT molecular complexity index is 850. The Morgan fingerprint density at radius 2 is 2.00 bits per heavy atom. The van der Waals surface area contributed by atoms with Gasteiger partial charge in [0.05, 0.1) is 6.04 Å². The molecule has 1 saturated carbocycles. The molecule has 1 aliphatic carbocycles. The van der Waals surface area contributed by atoms with Gasteiger partial charge in [-0.2, -0.15) is 11.3 Å². The number of thiophene rings is 1. The van der Waals surface area contributed by atoms with Crippen LogP contribution >= 0.6 is 11.3 Å². The molecule has 2 aliphatic rings. The minimum Gasteiger partial charge on any atom is -0.346 e. The summed E-state index contributed by atoms with van der Waals surface area (Å²) in [6.07, 6.45) is 1.42. The molecule has 0 radical (unpaired) electrons. The van der Waals surface area contributed by atoms with Gasteiger partial charge in [-0.15, -0.1) is 0 Å². The molecule has 28 heavy (non-hydrogen) atoms. The smallest absolute Gasteiger partial charge is 0.243 e. The molecule has 1 N–H and O–H groups in total. The number of hydrogen-bond acceptors (Lipinski definition) is 3. The molecule has 1 aromatic heterocycles. The highest BCUT2D eigenvalue weighted by Gasteiger charge is 2.49. The number of hydrogen-bond donors (Lipinski definition) is 1. The van der Waals surface area contributed by atoms with Crippen LogP contribution in [0.4, 0.5) is 4.39 Å². The fourth-order valence-electron chi connectivity index (χ4n) is 4.12. The monoisotopic (exact) mass is 400 g/mol. The van der Waals surface area contributed by atoms with Gasteiger partial charge < -0.3 is 10.2 Å². The molecule has 2 aromatic rings. The van der Waals surface area contributed by atoms with Gasteiger partial charge in [0.1, 0.15) is 11.9 Å². The minimum absolute atomic E-state index is 0.0510. The van der Waals surface area contributed by atoms with Gasteiger partial charge in [0.25, 0.3) is 0 Å². The average Bonchev–Trinajstić information content (AvgIpc) is 3.26. The summed E-state index contributed by atoms with van der Waals surface area (Å²) in [6, 6.07) is 7.83. The zero-order valence-corrected chi connectivity index (χ0v) is 16.9. The molecule has 1 saturated heterocycles. The lowest BCUT2D eigenvalue weighted by Gasteiger charge is -2.40. The second kappa shape index (κ2) is 7.66. The normalized spacial score (nSPS) is 27.0. The van der Waals surface area contributed by atoms with Crippen LogP contribution in [0.1, 0.15) is 49.8 Å². The number of halogens is 1.